The fraction of sp³-hybridized carbons (Fsp3) is 0.917. The molecular formula is C12H24N2OS. The Kier molecular flexibility index (Phi) is 6.21. The van der Waals surface area contributed by atoms with Crippen molar-refractivity contribution in [2.45, 2.75) is 43.3 Å². The molecule has 1 amide bonds. The van der Waals surface area contributed by atoms with E-state index in [0.29, 0.717) is 11.2 Å². The van der Waals surface area contributed by atoms with Crippen molar-refractivity contribution in [1.82, 2.24) is 10.6 Å². The molecule has 4 heteroatoms. The van der Waals surface area contributed by atoms with Crippen molar-refractivity contribution in [3.63, 3.8) is 0 Å². The van der Waals surface area contributed by atoms with Gasteiger partial charge in [0.1, 0.15) is 0 Å². The molecule has 1 fully saturated rings. The molecule has 0 atom stereocenters. The Morgan fingerprint density at radius 1 is 1.31 bits per heavy atom. The van der Waals surface area contributed by atoms with Crippen molar-refractivity contribution < 1.29 is 4.79 Å². The van der Waals surface area contributed by atoms with Crippen LogP contribution >= 0.6 is 11.8 Å². The van der Waals surface area contributed by atoms with Crippen LogP contribution in [0.1, 0.15) is 38.5 Å². The molecule has 1 aliphatic carbocycles. The lowest BCUT2D eigenvalue weighted by atomic mass is 9.88. The van der Waals surface area contributed by atoms with E-state index in [-0.39, 0.29) is 5.91 Å². The molecule has 1 aliphatic rings. The van der Waals surface area contributed by atoms with E-state index in [1.165, 1.54) is 32.1 Å². The fourth-order valence-electron chi connectivity index (χ4n) is 2.29. The Morgan fingerprint density at radius 2 is 2.00 bits per heavy atom. The summed E-state index contributed by atoms with van der Waals surface area (Å²) in [6.07, 6.45) is 9.55. The van der Waals surface area contributed by atoms with Gasteiger partial charge in [-0.3, -0.25) is 4.79 Å². The van der Waals surface area contributed by atoms with Crippen molar-refractivity contribution >= 4 is 17.7 Å². The van der Waals surface area contributed by atoms with Gasteiger partial charge in [-0.15, -0.1) is 0 Å². The Hall–Kier alpha value is -0.220. The first-order chi connectivity index (χ1) is 7.72. The van der Waals surface area contributed by atoms with E-state index >= 15 is 0 Å². The van der Waals surface area contributed by atoms with Gasteiger partial charge in [0.25, 0.3) is 0 Å². The van der Waals surface area contributed by atoms with Gasteiger partial charge in [-0.2, -0.15) is 11.8 Å². The molecule has 3 nitrogen and oxygen atoms in total. The number of hydrogen-bond donors (Lipinski definition) is 2. The summed E-state index contributed by atoms with van der Waals surface area (Å²) in [6, 6.07) is 0. The molecule has 16 heavy (non-hydrogen) atoms. The van der Waals surface area contributed by atoms with E-state index in [2.05, 4.69) is 16.9 Å². The molecule has 94 valence electrons. The number of carbonyl (C=O) groups excluding carboxylic acids is 1. The van der Waals surface area contributed by atoms with Crippen molar-refractivity contribution in [2.24, 2.45) is 0 Å². The minimum Gasteiger partial charge on any atom is -0.359 e. The van der Waals surface area contributed by atoms with Gasteiger partial charge in [-0.1, -0.05) is 19.3 Å². The number of nitrogens with one attached hydrogen (secondary N) is 2. The molecule has 0 heterocycles. The van der Waals surface area contributed by atoms with E-state index in [4.69, 9.17) is 0 Å². The average molecular weight is 244 g/mol. The Bertz CT molecular complexity index is 215. The number of thioether (sulfide) groups is 1. The molecular weight excluding hydrogens is 220 g/mol. The maximum Gasteiger partial charge on any atom is 0.221 e. The van der Waals surface area contributed by atoms with Crippen LogP contribution in [0.2, 0.25) is 0 Å². The predicted molar refractivity (Wildman–Crippen MR) is 70.9 cm³/mol. The highest BCUT2D eigenvalue weighted by Crippen LogP contribution is 2.37. The van der Waals surface area contributed by atoms with Crippen LogP contribution in [0.5, 0.6) is 0 Å². The fourth-order valence-corrected chi connectivity index (χ4v) is 3.24. The lowest BCUT2D eigenvalue weighted by Crippen LogP contribution is -2.40. The summed E-state index contributed by atoms with van der Waals surface area (Å²) in [5, 5.41) is 6.07. The number of amides is 1. The highest BCUT2D eigenvalue weighted by Gasteiger charge is 2.30. The molecule has 2 N–H and O–H groups in total. The molecule has 0 aromatic heterocycles. The number of rotatable bonds is 6. The van der Waals surface area contributed by atoms with Crippen LogP contribution in [-0.4, -0.2) is 37.0 Å². The van der Waals surface area contributed by atoms with Crippen LogP contribution in [0.3, 0.4) is 0 Å². The van der Waals surface area contributed by atoms with Crippen molar-refractivity contribution in [2.75, 3.05) is 26.4 Å². The zero-order valence-electron chi connectivity index (χ0n) is 10.5. The van der Waals surface area contributed by atoms with Crippen LogP contribution in [0.4, 0.5) is 0 Å². The molecule has 0 aliphatic heterocycles. The van der Waals surface area contributed by atoms with Gasteiger partial charge < -0.3 is 10.6 Å². The summed E-state index contributed by atoms with van der Waals surface area (Å²) >= 11 is 1.99. The molecule has 0 aromatic rings. The number of hydrogen-bond acceptors (Lipinski definition) is 3. The SMILES string of the molecule is CNC(=O)CCNCC1(SC)CCCCC1. The predicted octanol–water partition coefficient (Wildman–Crippen LogP) is 1.78. The van der Waals surface area contributed by atoms with Gasteiger partial charge >= 0.3 is 0 Å². The minimum atomic E-state index is 0.120. The molecule has 0 radical (unpaired) electrons. The van der Waals surface area contributed by atoms with Gasteiger partial charge in [-0.25, -0.2) is 0 Å². The smallest absolute Gasteiger partial charge is 0.221 e. The quantitative estimate of drug-likeness (QED) is 0.700. The van der Waals surface area contributed by atoms with Crippen molar-refractivity contribution in [3.8, 4) is 0 Å². The van der Waals surface area contributed by atoms with Crippen LogP contribution in [0, 0.1) is 0 Å². The first-order valence-electron chi connectivity index (χ1n) is 6.19. The van der Waals surface area contributed by atoms with Crippen LogP contribution < -0.4 is 10.6 Å². The Morgan fingerprint density at radius 3 is 2.56 bits per heavy atom. The first-order valence-corrected chi connectivity index (χ1v) is 7.41. The van der Waals surface area contributed by atoms with E-state index in [1.54, 1.807) is 7.05 Å². The third-order valence-corrected chi connectivity index (χ3v) is 4.87. The monoisotopic (exact) mass is 244 g/mol. The van der Waals surface area contributed by atoms with Gasteiger partial charge in [0, 0.05) is 31.3 Å². The Balaban J connectivity index is 2.20. The van der Waals surface area contributed by atoms with Crippen molar-refractivity contribution in [3.05, 3.63) is 0 Å². The van der Waals surface area contributed by atoms with Gasteiger partial charge in [0.05, 0.1) is 0 Å². The lowest BCUT2D eigenvalue weighted by Gasteiger charge is -2.36. The molecule has 0 spiro atoms. The lowest BCUT2D eigenvalue weighted by molar-refractivity contribution is -0.120. The second-order valence-corrected chi connectivity index (χ2v) is 5.82. The summed E-state index contributed by atoms with van der Waals surface area (Å²) in [7, 11) is 1.69. The van der Waals surface area contributed by atoms with Gasteiger partial charge in [-0.05, 0) is 19.1 Å². The van der Waals surface area contributed by atoms with E-state index in [9.17, 15) is 4.79 Å². The zero-order chi connectivity index (χ0) is 11.9. The third-order valence-electron chi connectivity index (χ3n) is 3.45. The highest BCUT2D eigenvalue weighted by molar-refractivity contribution is 8.00. The summed E-state index contributed by atoms with van der Waals surface area (Å²) < 4.78 is 0.431. The third kappa shape index (κ3) is 4.34. The van der Waals surface area contributed by atoms with Gasteiger partial charge in [0.2, 0.25) is 5.91 Å². The summed E-state index contributed by atoms with van der Waals surface area (Å²) in [5.74, 6) is 0.120. The van der Waals surface area contributed by atoms with Crippen LogP contribution in [0.25, 0.3) is 0 Å². The molecule has 1 rings (SSSR count). The van der Waals surface area contributed by atoms with Crippen molar-refractivity contribution in [1.29, 1.82) is 0 Å². The highest BCUT2D eigenvalue weighted by atomic mass is 32.2. The van der Waals surface area contributed by atoms with Gasteiger partial charge in [0.15, 0.2) is 0 Å². The number of carbonyl (C=O) groups is 1. The normalized spacial score (nSPS) is 19.4. The first kappa shape index (κ1) is 13.8. The largest absolute Gasteiger partial charge is 0.359 e. The minimum absolute atomic E-state index is 0.120. The summed E-state index contributed by atoms with van der Waals surface area (Å²) in [5.41, 5.74) is 0. The maximum absolute atomic E-state index is 11.1. The van der Waals surface area contributed by atoms with Crippen LogP contribution in [-0.2, 0) is 4.79 Å². The van der Waals surface area contributed by atoms with E-state index < -0.39 is 0 Å². The molecule has 0 aromatic carbocycles. The van der Waals surface area contributed by atoms with E-state index in [1.807, 2.05) is 11.8 Å². The standard InChI is InChI=1S/C12H24N2OS/c1-13-11(15)6-9-14-10-12(16-2)7-4-3-5-8-12/h14H,3-10H2,1-2H3,(H,13,15). The maximum atomic E-state index is 11.1. The second-order valence-electron chi connectivity index (χ2n) is 4.55. The van der Waals surface area contributed by atoms with Crippen LogP contribution in [0.15, 0.2) is 0 Å². The Labute approximate surface area is 103 Å². The molecule has 1 saturated carbocycles. The average Bonchev–Trinajstić information content (AvgIpc) is 2.35. The molecule has 0 unspecified atom stereocenters. The van der Waals surface area contributed by atoms with E-state index in [0.717, 1.165) is 13.1 Å². The second kappa shape index (κ2) is 7.17. The molecule has 0 bridgehead atoms. The molecule has 0 saturated heterocycles. The topological polar surface area (TPSA) is 41.1 Å². The zero-order valence-corrected chi connectivity index (χ0v) is 11.3. The summed E-state index contributed by atoms with van der Waals surface area (Å²) in [6.45, 7) is 1.84. The summed E-state index contributed by atoms with van der Waals surface area (Å²) in [4.78, 5) is 11.1.